The molecular weight excluding hydrogens is 176 g/mol. The normalized spacial score (nSPS) is 12.3. The van der Waals surface area contributed by atoms with Gasteiger partial charge in [-0.2, -0.15) is 0 Å². The van der Waals surface area contributed by atoms with Crippen LogP contribution in [0.1, 0.15) is 6.92 Å². The van der Waals surface area contributed by atoms with Gasteiger partial charge in [0, 0.05) is 6.54 Å². The Morgan fingerprint density at radius 3 is 2.29 bits per heavy atom. The lowest BCUT2D eigenvalue weighted by atomic mass is 10.2. The second-order valence-corrected chi connectivity index (χ2v) is 2.29. The number of allylic oxidation sites excluding steroid dienone is 3. The fourth-order valence-electron chi connectivity index (χ4n) is 0.546. The van der Waals surface area contributed by atoms with Crippen molar-refractivity contribution in [1.29, 1.82) is 0 Å². The van der Waals surface area contributed by atoms with Gasteiger partial charge in [-0.15, -0.1) is 0 Å². The minimum Gasteiger partial charge on any atom is -0.390 e. The average Bonchev–Trinajstić information content (AvgIpc) is 2.26. The molecule has 4 nitrogen and oxygen atoms in total. The van der Waals surface area contributed by atoms with Gasteiger partial charge in [0.25, 0.3) is 0 Å². The third kappa shape index (κ3) is 8.70. The van der Waals surface area contributed by atoms with Crippen molar-refractivity contribution in [3.05, 3.63) is 36.1 Å². The zero-order valence-corrected chi connectivity index (χ0v) is 8.90. The summed E-state index contributed by atoms with van der Waals surface area (Å²) in [5.74, 6) is 0. The largest absolute Gasteiger partial charge is 0.390 e. The van der Waals surface area contributed by atoms with Crippen LogP contribution in [0, 0.1) is 0 Å². The summed E-state index contributed by atoms with van der Waals surface area (Å²) in [6.45, 7) is 6.08. The molecule has 0 saturated carbocycles. The first-order chi connectivity index (χ1) is 6.74. The van der Waals surface area contributed by atoms with E-state index in [1.165, 1.54) is 13.4 Å². The second-order valence-electron chi connectivity index (χ2n) is 2.29. The van der Waals surface area contributed by atoms with E-state index in [9.17, 15) is 0 Å². The molecule has 0 saturated heterocycles. The summed E-state index contributed by atoms with van der Waals surface area (Å²) in [4.78, 5) is 3.86. The van der Waals surface area contributed by atoms with Crippen molar-refractivity contribution in [1.82, 2.24) is 0 Å². The van der Waals surface area contributed by atoms with Crippen molar-refractivity contribution in [2.45, 2.75) is 6.92 Å². The third-order valence-electron chi connectivity index (χ3n) is 1.29. The van der Waals surface area contributed by atoms with Gasteiger partial charge in [-0.3, -0.25) is 0 Å². The van der Waals surface area contributed by atoms with Gasteiger partial charge < -0.3 is 17.2 Å². The summed E-state index contributed by atoms with van der Waals surface area (Å²) in [6.07, 6.45) is 6.57. The van der Waals surface area contributed by atoms with Gasteiger partial charge in [-0.1, -0.05) is 18.2 Å². The molecule has 80 valence electrons. The number of hydrogen-bond acceptors (Lipinski definition) is 3. The highest BCUT2D eigenvalue weighted by Crippen LogP contribution is 1.98. The number of aliphatic imine (C=N–C) groups is 1. The van der Waals surface area contributed by atoms with Gasteiger partial charge in [0.15, 0.2) is 0 Å². The molecule has 0 bridgehead atoms. The highest BCUT2D eigenvalue weighted by Gasteiger charge is 1.83. The molecule has 0 atom stereocenters. The van der Waals surface area contributed by atoms with Crippen LogP contribution in [-0.4, -0.2) is 19.9 Å². The van der Waals surface area contributed by atoms with E-state index in [0.717, 1.165) is 11.3 Å². The summed E-state index contributed by atoms with van der Waals surface area (Å²) in [7, 11) is 1.50. The fraction of sp³-hybridized carbons (Fsp3) is 0.300. The molecule has 0 aliphatic heterocycles. The SMILES string of the molecule is C=C/C(=C\C=C(/C)CN)N=CN.CN. The topological polar surface area (TPSA) is 90.4 Å². The summed E-state index contributed by atoms with van der Waals surface area (Å²) < 4.78 is 0. The van der Waals surface area contributed by atoms with Gasteiger partial charge in [0.2, 0.25) is 0 Å². The first kappa shape index (κ1) is 15.1. The highest BCUT2D eigenvalue weighted by atomic mass is 14.8. The maximum Gasteiger partial charge on any atom is 0.0860 e. The van der Waals surface area contributed by atoms with Crippen LogP contribution in [0.15, 0.2) is 41.1 Å². The van der Waals surface area contributed by atoms with E-state index in [1.54, 1.807) is 6.08 Å². The molecule has 0 amide bonds. The monoisotopic (exact) mass is 196 g/mol. The van der Waals surface area contributed by atoms with Crippen LogP contribution < -0.4 is 17.2 Å². The molecule has 14 heavy (non-hydrogen) atoms. The smallest absolute Gasteiger partial charge is 0.0860 e. The number of nitrogens with two attached hydrogens (primary N) is 3. The van der Waals surface area contributed by atoms with Crippen molar-refractivity contribution in [2.75, 3.05) is 13.6 Å². The van der Waals surface area contributed by atoms with Crippen LogP contribution in [0.25, 0.3) is 0 Å². The minimum absolute atomic E-state index is 0.549. The van der Waals surface area contributed by atoms with Gasteiger partial charge in [-0.25, -0.2) is 4.99 Å². The lowest BCUT2D eigenvalue weighted by Crippen LogP contribution is -1.98. The Hall–Kier alpha value is -1.39. The molecule has 4 heteroatoms. The molecule has 0 aromatic heterocycles. The minimum atomic E-state index is 0.549. The lowest BCUT2D eigenvalue weighted by molar-refractivity contribution is 1.14. The first-order valence-corrected chi connectivity index (χ1v) is 4.26. The Labute approximate surface area is 85.9 Å². The summed E-state index contributed by atoms with van der Waals surface area (Å²) in [6, 6.07) is 0. The zero-order valence-electron chi connectivity index (χ0n) is 8.90. The molecule has 0 aromatic carbocycles. The predicted octanol–water partition coefficient (Wildman–Crippen LogP) is 0.523. The van der Waals surface area contributed by atoms with E-state index in [4.69, 9.17) is 11.5 Å². The molecule has 0 aromatic rings. The second kappa shape index (κ2) is 11.6. The molecule has 6 N–H and O–H groups in total. The van der Waals surface area contributed by atoms with Crippen LogP contribution in [-0.2, 0) is 0 Å². The highest BCUT2D eigenvalue weighted by molar-refractivity contribution is 5.54. The molecule has 0 aliphatic rings. The number of nitrogens with zero attached hydrogens (tertiary/aromatic N) is 1. The maximum absolute atomic E-state index is 5.39. The Morgan fingerprint density at radius 1 is 1.36 bits per heavy atom. The molecule has 0 rings (SSSR count). The predicted molar refractivity (Wildman–Crippen MR) is 63.9 cm³/mol. The van der Waals surface area contributed by atoms with E-state index >= 15 is 0 Å². The molecule has 0 radical (unpaired) electrons. The summed E-state index contributed by atoms with van der Waals surface area (Å²) in [5.41, 5.74) is 16.8. The van der Waals surface area contributed by atoms with Crippen molar-refractivity contribution in [3.63, 3.8) is 0 Å². The van der Waals surface area contributed by atoms with E-state index < -0.39 is 0 Å². The number of hydrogen-bond donors (Lipinski definition) is 3. The Kier molecular flexibility index (Phi) is 12.5. The lowest BCUT2D eigenvalue weighted by Gasteiger charge is -1.92. The van der Waals surface area contributed by atoms with Gasteiger partial charge in [0.05, 0.1) is 12.0 Å². The van der Waals surface area contributed by atoms with Crippen molar-refractivity contribution >= 4 is 6.34 Å². The van der Waals surface area contributed by atoms with E-state index in [1.807, 2.05) is 19.1 Å². The van der Waals surface area contributed by atoms with Crippen LogP contribution in [0.4, 0.5) is 0 Å². The standard InChI is InChI=1S/C9H15N3.CH5N/c1-3-9(12-7-11)5-4-8(2)6-10;1-2/h3-5,7H,1,6,10H2,2H3,(H2,11,12);2H2,1H3/b8-4+,9-5+;. The summed E-state index contributed by atoms with van der Waals surface area (Å²) in [5, 5.41) is 0. The molecular formula is C10H20N4. The van der Waals surface area contributed by atoms with E-state index in [-0.39, 0.29) is 0 Å². The third-order valence-corrected chi connectivity index (χ3v) is 1.29. The molecule has 0 heterocycles. The zero-order chi connectivity index (χ0) is 11.4. The van der Waals surface area contributed by atoms with E-state index in [0.29, 0.717) is 6.54 Å². The molecule has 0 fully saturated rings. The first-order valence-electron chi connectivity index (χ1n) is 4.26. The van der Waals surface area contributed by atoms with Crippen LogP contribution >= 0.6 is 0 Å². The van der Waals surface area contributed by atoms with Crippen molar-refractivity contribution in [3.8, 4) is 0 Å². The van der Waals surface area contributed by atoms with Crippen molar-refractivity contribution < 1.29 is 0 Å². The molecule has 0 aliphatic carbocycles. The fourth-order valence-corrected chi connectivity index (χ4v) is 0.546. The van der Waals surface area contributed by atoms with Gasteiger partial charge in [-0.05, 0) is 26.1 Å². The van der Waals surface area contributed by atoms with Gasteiger partial charge >= 0.3 is 0 Å². The van der Waals surface area contributed by atoms with E-state index in [2.05, 4.69) is 17.3 Å². The molecule has 0 unspecified atom stereocenters. The van der Waals surface area contributed by atoms with Crippen LogP contribution in [0.5, 0.6) is 0 Å². The van der Waals surface area contributed by atoms with Crippen LogP contribution in [0.3, 0.4) is 0 Å². The average molecular weight is 196 g/mol. The maximum atomic E-state index is 5.39. The number of rotatable bonds is 4. The summed E-state index contributed by atoms with van der Waals surface area (Å²) >= 11 is 0. The molecule has 0 spiro atoms. The Balaban J connectivity index is 0. The quantitative estimate of drug-likeness (QED) is 0.348. The van der Waals surface area contributed by atoms with Gasteiger partial charge in [0.1, 0.15) is 0 Å². The van der Waals surface area contributed by atoms with Crippen molar-refractivity contribution in [2.24, 2.45) is 22.2 Å². The van der Waals surface area contributed by atoms with Crippen LogP contribution in [0.2, 0.25) is 0 Å². The Bertz CT molecular complexity index is 226. The Morgan fingerprint density at radius 2 is 1.93 bits per heavy atom.